The molecule has 122 valence electrons. The number of nitrogens with zero attached hydrogens (tertiary/aromatic N) is 1. The van der Waals surface area contributed by atoms with Crippen molar-refractivity contribution in [2.24, 2.45) is 23.5 Å². The van der Waals surface area contributed by atoms with Gasteiger partial charge in [-0.3, -0.25) is 9.59 Å². The van der Waals surface area contributed by atoms with Crippen LogP contribution < -0.4 is 16.0 Å². The van der Waals surface area contributed by atoms with Gasteiger partial charge in [0.05, 0.1) is 12.5 Å². The molecule has 0 aromatic heterocycles. The van der Waals surface area contributed by atoms with E-state index < -0.39 is 0 Å². The summed E-state index contributed by atoms with van der Waals surface area (Å²) in [6.45, 7) is 0.759. The van der Waals surface area contributed by atoms with Gasteiger partial charge in [0, 0.05) is 18.3 Å². The Morgan fingerprint density at radius 3 is 2.78 bits per heavy atom. The lowest BCUT2D eigenvalue weighted by Crippen LogP contribution is -2.48. The minimum Gasteiger partial charge on any atom is -0.347 e. The van der Waals surface area contributed by atoms with Crippen molar-refractivity contribution in [3.05, 3.63) is 29.8 Å². The van der Waals surface area contributed by atoms with E-state index in [4.69, 9.17) is 5.73 Å². The predicted molar refractivity (Wildman–Crippen MR) is 87.8 cm³/mol. The molecule has 3 N–H and O–H groups in total. The van der Waals surface area contributed by atoms with Crippen LogP contribution in [0.4, 0.5) is 5.69 Å². The molecule has 2 bridgehead atoms. The minimum atomic E-state index is -0.104. The predicted octanol–water partition coefficient (Wildman–Crippen LogP) is 1.07. The summed E-state index contributed by atoms with van der Waals surface area (Å²) in [6, 6.07) is 7.92. The summed E-state index contributed by atoms with van der Waals surface area (Å²) in [5.41, 5.74) is 8.37. The first kappa shape index (κ1) is 14.7. The van der Waals surface area contributed by atoms with E-state index in [-0.39, 0.29) is 30.3 Å². The number of hydrogen-bond acceptors (Lipinski definition) is 3. The zero-order chi connectivity index (χ0) is 16.0. The second-order valence-electron chi connectivity index (χ2n) is 7.08. The van der Waals surface area contributed by atoms with Crippen molar-refractivity contribution in [3.8, 4) is 0 Å². The average Bonchev–Trinajstić information content (AvgIpc) is 3.26. The maximum absolute atomic E-state index is 12.4. The first-order chi connectivity index (χ1) is 11.1. The van der Waals surface area contributed by atoms with E-state index in [2.05, 4.69) is 11.4 Å². The zero-order valence-corrected chi connectivity index (χ0v) is 13.2. The van der Waals surface area contributed by atoms with Crippen molar-refractivity contribution >= 4 is 17.5 Å². The van der Waals surface area contributed by atoms with Gasteiger partial charge in [-0.05, 0) is 49.1 Å². The molecule has 4 rings (SSSR count). The fourth-order valence-corrected chi connectivity index (χ4v) is 4.70. The molecule has 0 saturated heterocycles. The Morgan fingerprint density at radius 1 is 1.22 bits per heavy atom. The minimum absolute atomic E-state index is 0.0311. The largest absolute Gasteiger partial charge is 0.347 e. The van der Waals surface area contributed by atoms with Crippen LogP contribution in [0.25, 0.3) is 0 Å². The summed E-state index contributed by atoms with van der Waals surface area (Å²) in [5, 5.41) is 2.84. The smallest absolute Gasteiger partial charge is 0.246 e. The number of fused-ring (bicyclic) bond motifs is 3. The van der Waals surface area contributed by atoms with Gasteiger partial charge in [-0.15, -0.1) is 0 Å². The van der Waals surface area contributed by atoms with Crippen LogP contribution in [0, 0.1) is 17.8 Å². The first-order valence-electron chi connectivity index (χ1n) is 8.56. The summed E-state index contributed by atoms with van der Waals surface area (Å²) >= 11 is 0. The fourth-order valence-electron chi connectivity index (χ4n) is 4.70. The molecule has 3 aliphatic rings. The molecule has 0 spiro atoms. The number of carbonyl (C=O) groups excluding carboxylic acids is 2. The van der Waals surface area contributed by atoms with E-state index in [1.807, 2.05) is 18.2 Å². The summed E-state index contributed by atoms with van der Waals surface area (Å²) in [4.78, 5) is 26.7. The molecule has 5 nitrogen and oxygen atoms in total. The molecule has 4 unspecified atom stereocenters. The molecule has 2 aliphatic carbocycles. The Morgan fingerprint density at radius 2 is 2.00 bits per heavy atom. The highest BCUT2D eigenvalue weighted by molar-refractivity contribution is 5.98. The van der Waals surface area contributed by atoms with Gasteiger partial charge in [-0.25, -0.2) is 0 Å². The van der Waals surface area contributed by atoms with Gasteiger partial charge in [0.25, 0.3) is 0 Å². The van der Waals surface area contributed by atoms with Gasteiger partial charge in [0.1, 0.15) is 0 Å². The van der Waals surface area contributed by atoms with Crippen molar-refractivity contribution in [2.45, 2.75) is 31.7 Å². The third-order valence-corrected chi connectivity index (χ3v) is 5.89. The third kappa shape index (κ3) is 2.43. The molecule has 23 heavy (non-hydrogen) atoms. The van der Waals surface area contributed by atoms with E-state index in [0.717, 1.165) is 31.4 Å². The molecule has 1 aromatic rings. The first-order valence-corrected chi connectivity index (χ1v) is 8.56. The van der Waals surface area contributed by atoms with E-state index in [1.165, 1.54) is 5.56 Å². The lowest BCUT2D eigenvalue weighted by molar-refractivity contribution is -0.129. The van der Waals surface area contributed by atoms with E-state index in [0.29, 0.717) is 18.4 Å². The number of hydrogen-bond donors (Lipinski definition) is 2. The number of carbonyl (C=O) groups is 2. The number of nitrogens with two attached hydrogens (primary N) is 1. The average molecular weight is 313 g/mol. The maximum Gasteiger partial charge on any atom is 0.246 e. The zero-order valence-electron chi connectivity index (χ0n) is 13.2. The lowest BCUT2D eigenvalue weighted by atomic mass is 9.84. The number of amides is 2. The quantitative estimate of drug-likeness (QED) is 0.876. The molecule has 1 aromatic carbocycles. The highest BCUT2D eigenvalue weighted by atomic mass is 16.2. The molecule has 2 saturated carbocycles. The molecule has 0 radical (unpaired) electrons. The fraction of sp³-hybridized carbons (Fsp3) is 0.556. The van der Waals surface area contributed by atoms with Crippen molar-refractivity contribution in [1.82, 2.24) is 5.32 Å². The molecule has 2 fully saturated rings. The summed E-state index contributed by atoms with van der Waals surface area (Å²) in [5.74, 6) is 0.729. The highest BCUT2D eigenvalue weighted by Gasteiger charge is 2.49. The van der Waals surface area contributed by atoms with Crippen molar-refractivity contribution in [1.29, 1.82) is 0 Å². The van der Waals surface area contributed by atoms with Gasteiger partial charge in [-0.2, -0.15) is 0 Å². The summed E-state index contributed by atoms with van der Waals surface area (Å²) in [7, 11) is 0. The third-order valence-electron chi connectivity index (χ3n) is 5.89. The van der Waals surface area contributed by atoms with Crippen LogP contribution in [0.2, 0.25) is 0 Å². The van der Waals surface area contributed by atoms with Crippen molar-refractivity contribution < 1.29 is 9.59 Å². The van der Waals surface area contributed by atoms with Crippen LogP contribution in [0.3, 0.4) is 0 Å². The second-order valence-corrected chi connectivity index (χ2v) is 7.08. The summed E-state index contributed by atoms with van der Waals surface area (Å²) < 4.78 is 0. The number of nitrogens with one attached hydrogen (secondary N) is 1. The molecule has 5 heteroatoms. The standard InChI is InChI=1S/C18H23N3O2/c19-17-13-6-5-12(9-13)16(17)18(23)20-10-15(22)21-8-7-11-3-1-2-4-14(11)21/h1-4,12-13,16-17H,5-10,19H2,(H,20,23). The SMILES string of the molecule is NC1C2CCC(C2)C1C(=O)NCC(=O)N1CCc2ccccc21. The van der Waals surface area contributed by atoms with E-state index >= 15 is 0 Å². The molecule has 1 aliphatic heterocycles. The van der Waals surface area contributed by atoms with Gasteiger partial charge >= 0.3 is 0 Å². The van der Waals surface area contributed by atoms with E-state index in [9.17, 15) is 9.59 Å². The van der Waals surface area contributed by atoms with Crippen LogP contribution in [0.15, 0.2) is 24.3 Å². The van der Waals surface area contributed by atoms with Gasteiger partial charge in [0.2, 0.25) is 11.8 Å². The molecule has 2 amide bonds. The monoisotopic (exact) mass is 313 g/mol. The van der Waals surface area contributed by atoms with Crippen LogP contribution in [0.5, 0.6) is 0 Å². The molecule has 4 atom stereocenters. The number of para-hydroxylation sites is 1. The Kier molecular flexibility index (Phi) is 3.60. The van der Waals surface area contributed by atoms with Crippen LogP contribution in [0.1, 0.15) is 24.8 Å². The molecular weight excluding hydrogens is 290 g/mol. The van der Waals surface area contributed by atoms with Gasteiger partial charge < -0.3 is 16.0 Å². The number of rotatable bonds is 3. The second kappa shape index (κ2) is 5.64. The summed E-state index contributed by atoms with van der Waals surface area (Å²) in [6.07, 6.45) is 4.21. The maximum atomic E-state index is 12.4. The Labute approximate surface area is 136 Å². The topological polar surface area (TPSA) is 75.4 Å². The molecule has 1 heterocycles. The van der Waals surface area contributed by atoms with Crippen molar-refractivity contribution in [3.63, 3.8) is 0 Å². The van der Waals surface area contributed by atoms with Crippen LogP contribution in [-0.2, 0) is 16.0 Å². The number of anilines is 1. The normalized spacial score (nSPS) is 31.3. The van der Waals surface area contributed by atoms with Gasteiger partial charge in [-0.1, -0.05) is 18.2 Å². The Hall–Kier alpha value is -1.88. The van der Waals surface area contributed by atoms with Crippen LogP contribution in [-0.4, -0.2) is 30.9 Å². The van der Waals surface area contributed by atoms with Crippen LogP contribution >= 0.6 is 0 Å². The number of benzene rings is 1. The Bertz CT molecular complexity index is 643. The van der Waals surface area contributed by atoms with Gasteiger partial charge in [0.15, 0.2) is 0 Å². The lowest BCUT2D eigenvalue weighted by Gasteiger charge is -2.27. The highest BCUT2D eigenvalue weighted by Crippen LogP contribution is 2.47. The Balaban J connectivity index is 1.36. The molecular formula is C18H23N3O2. The van der Waals surface area contributed by atoms with E-state index in [1.54, 1.807) is 4.90 Å². The van der Waals surface area contributed by atoms with Crippen molar-refractivity contribution in [2.75, 3.05) is 18.0 Å².